The molecule has 0 spiro atoms. The lowest BCUT2D eigenvalue weighted by molar-refractivity contribution is -0.0689. The third-order valence-corrected chi connectivity index (χ3v) is 2.39. The molecule has 0 amide bonds. The van der Waals surface area contributed by atoms with Gasteiger partial charge in [-0.1, -0.05) is 60.7 Å². The molecule has 2 aromatic carbocycles. The van der Waals surface area contributed by atoms with Crippen molar-refractivity contribution in [1.29, 1.82) is 0 Å². The zero-order chi connectivity index (χ0) is 11.8. The van der Waals surface area contributed by atoms with Crippen LogP contribution in [0.25, 0.3) is 0 Å². The van der Waals surface area contributed by atoms with Crippen LogP contribution in [0.3, 0.4) is 0 Å². The Hall–Kier alpha value is -1.64. The molecule has 0 saturated carbocycles. The lowest BCUT2D eigenvalue weighted by Gasteiger charge is -2.05. The van der Waals surface area contributed by atoms with Crippen LogP contribution in [-0.2, 0) is 22.7 Å². The van der Waals surface area contributed by atoms with E-state index in [-0.39, 0.29) is 0 Å². The minimum absolute atomic E-state index is 0.323. The van der Waals surface area contributed by atoms with E-state index in [1.165, 1.54) is 0 Å². The van der Waals surface area contributed by atoms with Gasteiger partial charge in [0.2, 0.25) is 0 Å². The molecule has 0 N–H and O–H groups in total. The first-order valence-corrected chi connectivity index (χ1v) is 5.68. The number of ether oxygens (including phenoxy) is 2. The molecule has 2 heteroatoms. The molecule has 0 aliphatic carbocycles. The topological polar surface area (TPSA) is 18.5 Å². The number of hydrogen-bond acceptors (Lipinski definition) is 2. The van der Waals surface area contributed by atoms with Crippen molar-refractivity contribution in [3.8, 4) is 0 Å². The van der Waals surface area contributed by atoms with Crippen LogP contribution in [0.4, 0.5) is 0 Å². The van der Waals surface area contributed by atoms with Crippen LogP contribution < -0.4 is 0 Å². The highest BCUT2D eigenvalue weighted by Gasteiger charge is 1.93. The minimum Gasteiger partial charge on any atom is -0.351 e. The second-order valence-corrected chi connectivity index (χ2v) is 3.79. The predicted octanol–water partition coefficient (Wildman–Crippen LogP) is 3.38. The molecule has 0 saturated heterocycles. The first-order chi connectivity index (χ1) is 8.45. The van der Waals surface area contributed by atoms with Crippen molar-refractivity contribution >= 4 is 0 Å². The Kier molecular flexibility index (Phi) is 4.76. The molecule has 2 nitrogen and oxygen atoms in total. The summed E-state index contributed by atoms with van der Waals surface area (Å²) in [5.41, 5.74) is 2.33. The molecule has 0 unspecified atom stereocenters. The van der Waals surface area contributed by atoms with Gasteiger partial charge in [0.05, 0.1) is 13.2 Å². The molecule has 0 radical (unpaired) electrons. The fourth-order valence-corrected chi connectivity index (χ4v) is 1.53. The maximum absolute atomic E-state index is 5.42. The average Bonchev–Trinajstić information content (AvgIpc) is 2.41. The minimum atomic E-state index is 0.323. The molecule has 0 aromatic heterocycles. The van der Waals surface area contributed by atoms with E-state index < -0.39 is 0 Å². The van der Waals surface area contributed by atoms with Crippen molar-refractivity contribution in [2.75, 3.05) is 6.79 Å². The van der Waals surface area contributed by atoms with E-state index in [0.717, 1.165) is 11.1 Å². The van der Waals surface area contributed by atoms with Crippen molar-refractivity contribution < 1.29 is 9.47 Å². The molecule has 0 fully saturated rings. The van der Waals surface area contributed by atoms with Gasteiger partial charge in [-0.3, -0.25) is 0 Å². The Labute approximate surface area is 102 Å². The van der Waals surface area contributed by atoms with Crippen molar-refractivity contribution in [2.24, 2.45) is 0 Å². The van der Waals surface area contributed by atoms with Gasteiger partial charge in [0.1, 0.15) is 6.79 Å². The van der Waals surface area contributed by atoms with Gasteiger partial charge in [0.15, 0.2) is 0 Å². The highest BCUT2D eigenvalue weighted by atomic mass is 16.7. The SMILES string of the molecule is c1ccc(COCOCc2ccccc2)cc1. The molecule has 2 aromatic rings. The van der Waals surface area contributed by atoms with Gasteiger partial charge in [0, 0.05) is 0 Å². The van der Waals surface area contributed by atoms with Gasteiger partial charge in [-0.25, -0.2) is 0 Å². The first kappa shape index (κ1) is 11.8. The molecular weight excluding hydrogens is 212 g/mol. The summed E-state index contributed by atoms with van der Waals surface area (Å²) in [6.07, 6.45) is 0. The number of rotatable bonds is 6. The molecule has 88 valence electrons. The summed E-state index contributed by atoms with van der Waals surface area (Å²) in [4.78, 5) is 0. The molecule has 0 atom stereocenters. The van der Waals surface area contributed by atoms with E-state index in [4.69, 9.17) is 9.47 Å². The summed E-state index contributed by atoms with van der Waals surface area (Å²) in [6.45, 7) is 1.51. The normalized spacial score (nSPS) is 10.4. The fraction of sp³-hybridized carbons (Fsp3) is 0.200. The van der Waals surface area contributed by atoms with Gasteiger partial charge in [-0.2, -0.15) is 0 Å². The van der Waals surface area contributed by atoms with E-state index in [2.05, 4.69) is 0 Å². The molecular formula is C15H16O2. The molecule has 17 heavy (non-hydrogen) atoms. The van der Waals surface area contributed by atoms with Gasteiger partial charge >= 0.3 is 0 Å². The smallest absolute Gasteiger partial charge is 0.147 e. The van der Waals surface area contributed by atoms with E-state index in [1.54, 1.807) is 0 Å². The fourth-order valence-electron chi connectivity index (χ4n) is 1.53. The predicted molar refractivity (Wildman–Crippen MR) is 67.3 cm³/mol. The highest BCUT2D eigenvalue weighted by molar-refractivity contribution is 5.14. The Morgan fingerprint density at radius 2 is 1.00 bits per heavy atom. The first-order valence-electron chi connectivity index (χ1n) is 5.68. The van der Waals surface area contributed by atoms with Gasteiger partial charge in [-0.05, 0) is 11.1 Å². The van der Waals surface area contributed by atoms with Crippen LogP contribution in [0, 0.1) is 0 Å². The standard InChI is InChI=1S/C15H16O2/c1-3-7-14(8-4-1)11-16-13-17-12-15-9-5-2-6-10-15/h1-10H,11-13H2. The molecule has 0 aliphatic rings. The highest BCUT2D eigenvalue weighted by Crippen LogP contribution is 2.02. The van der Waals surface area contributed by atoms with Gasteiger partial charge < -0.3 is 9.47 Å². The average molecular weight is 228 g/mol. The van der Waals surface area contributed by atoms with E-state index in [0.29, 0.717) is 20.0 Å². The maximum atomic E-state index is 5.42. The second-order valence-electron chi connectivity index (χ2n) is 3.79. The zero-order valence-electron chi connectivity index (χ0n) is 9.71. The maximum Gasteiger partial charge on any atom is 0.147 e. The zero-order valence-corrected chi connectivity index (χ0v) is 9.71. The quantitative estimate of drug-likeness (QED) is 0.557. The van der Waals surface area contributed by atoms with E-state index >= 15 is 0 Å². The van der Waals surface area contributed by atoms with Gasteiger partial charge in [0.25, 0.3) is 0 Å². The lowest BCUT2D eigenvalue weighted by Crippen LogP contribution is -2.00. The molecule has 0 bridgehead atoms. The van der Waals surface area contributed by atoms with Crippen LogP contribution in [-0.4, -0.2) is 6.79 Å². The Morgan fingerprint density at radius 3 is 1.41 bits per heavy atom. The monoisotopic (exact) mass is 228 g/mol. The van der Waals surface area contributed by atoms with Crippen LogP contribution in [0.1, 0.15) is 11.1 Å². The van der Waals surface area contributed by atoms with E-state index in [1.807, 2.05) is 60.7 Å². The Balaban J connectivity index is 1.61. The van der Waals surface area contributed by atoms with Crippen molar-refractivity contribution in [3.63, 3.8) is 0 Å². The third kappa shape index (κ3) is 4.39. The molecule has 0 heterocycles. The van der Waals surface area contributed by atoms with E-state index in [9.17, 15) is 0 Å². The summed E-state index contributed by atoms with van der Waals surface area (Å²) in [5.74, 6) is 0. The second kappa shape index (κ2) is 6.84. The number of hydrogen-bond donors (Lipinski definition) is 0. The summed E-state index contributed by atoms with van der Waals surface area (Å²) < 4.78 is 10.8. The largest absolute Gasteiger partial charge is 0.351 e. The third-order valence-electron chi connectivity index (χ3n) is 2.39. The van der Waals surface area contributed by atoms with Crippen LogP contribution in [0.2, 0.25) is 0 Å². The van der Waals surface area contributed by atoms with Crippen LogP contribution >= 0.6 is 0 Å². The summed E-state index contributed by atoms with van der Waals surface area (Å²) in [5, 5.41) is 0. The number of benzene rings is 2. The molecule has 0 aliphatic heterocycles. The Morgan fingerprint density at radius 1 is 0.588 bits per heavy atom. The van der Waals surface area contributed by atoms with Crippen LogP contribution in [0.15, 0.2) is 60.7 Å². The van der Waals surface area contributed by atoms with Crippen LogP contribution in [0.5, 0.6) is 0 Å². The summed E-state index contributed by atoms with van der Waals surface area (Å²) in [6, 6.07) is 20.2. The Bertz CT molecular complexity index is 370. The lowest BCUT2D eigenvalue weighted by atomic mass is 10.2. The van der Waals surface area contributed by atoms with Gasteiger partial charge in [-0.15, -0.1) is 0 Å². The van der Waals surface area contributed by atoms with Crippen molar-refractivity contribution in [1.82, 2.24) is 0 Å². The summed E-state index contributed by atoms with van der Waals surface area (Å²) >= 11 is 0. The van der Waals surface area contributed by atoms with Crippen molar-refractivity contribution in [2.45, 2.75) is 13.2 Å². The summed E-state index contributed by atoms with van der Waals surface area (Å²) in [7, 11) is 0. The molecule has 2 rings (SSSR count). The van der Waals surface area contributed by atoms with Crippen molar-refractivity contribution in [3.05, 3.63) is 71.8 Å².